The van der Waals surface area contributed by atoms with E-state index in [0.717, 1.165) is 32.4 Å². The summed E-state index contributed by atoms with van der Waals surface area (Å²) < 4.78 is 7.26. The molecule has 5 heteroatoms. The maximum absolute atomic E-state index is 12.3. The quantitative estimate of drug-likeness (QED) is 0.724. The molecular weight excluding hydrogens is 290 g/mol. The molecule has 1 heterocycles. The number of rotatable bonds is 8. The van der Waals surface area contributed by atoms with Crippen molar-refractivity contribution in [3.8, 4) is 0 Å². The lowest BCUT2D eigenvalue weighted by atomic mass is 9.90. The van der Waals surface area contributed by atoms with Gasteiger partial charge in [-0.05, 0) is 45.2 Å². The Labute approximate surface area is 140 Å². The number of carbonyl (C=O) groups is 1. The third-order valence-electron chi connectivity index (χ3n) is 4.70. The summed E-state index contributed by atoms with van der Waals surface area (Å²) in [4.78, 5) is 18.7. The van der Waals surface area contributed by atoms with Gasteiger partial charge in [0, 0.05) is 18.4 Å². The van der Waals surface area contributed by atoms with Crippen LogP contribution in [-0.4, -0.2) is 45.8 Å². The zero-order valence-corrected chi connectivity index (χ0v) is 14.6. The van der Waals surface area contributed by atoms with Crippen molar-refractivity contribution >= 4 is 6.09 Å². The first kappa shape index (κ1) is 18.0. The van der Waals surface area contributed by atoms with Gasteiger partial charge in [0.15, 0.2) is 0 Å². The van der Waals surface area contributed by atoms with E-state index in [0.29, 0.717) is 6.04 Å². The van der Waals surface area contributed by atoms with E-state index in [9.17, 15) is 4.79 Å². The summed E-state index contributed by atoms with van der Waals surface area (Å²) >= 11 is 0. The predicted molar refractivity (Wildman–Crippen MR) is 91.5 cm³/mol. The number of ether oxygens (including phenoxy) is 1. The number of unbranched alkanes of at least 4 members (excludes halogenated alkanes) is 2. The van der Waals surface area contributed by atoms with Crippen molar-refractivity contribution in [2.24, 2.45) is 0 Å². The summed E-state index contributed by atoms with van der Waals surface area (Å²) in [6.07, 6.45) is 13.8. The van der Waals surface area contributed by atoms with Gasteiger partial charge in [-0.1, -0.05) is 33.1 Å². The Bertz CT molecular complexity index is 439. The third-order valence-corrected chi connectivity index (χ3v) is 4.70. The molecule has 0 saturated heterocycles. The minimum atomic E-state index is -0.301. The Hall–Kier alpha value is -1.36. The average molecular weight is 321 g/mol. The number of carbonyl (C=O) groups excluding carboxylic acids is 1. The number of hydrogen-bond acceptors (Lipinski definition) is 4. The van der Waals surface area contributed by atoms with Crippen LogP contribution in [0.3, 0.4) is 0 Å². The van der Waals surface area contributed by atoms with Gasteiger partial charge >= 0.3 is 6.09 Å². The van der Waals surface area contributed by atoms with Crippen LogP contribution < -0.4 is 0 Å². The molecule has 0 amide bonds. The maximum Gasteiger partial charge on any atom is 0.419 e. The number of imidazole rings is 1. The van der Waals surface area contributed by atoms with Crippen LogP contribution in [-0.2, 0) is 4.74 Å². The number of hydrogen-bond donors (Lipinski definition) is 0. The van der Waals surface area contributed by atoms with Crippen LogP contribution in [0.1, 0.15) is 65.2 Å². The highest BCUT2D eigenvalue weighted by molar-refractivity contribution is 5.70. The Kier molecular flexibility index (Phi) is 7.59. The molecule has 1 aromatic rings. The molecule has 2 atom stereocenters. The molecule has 0 spiro atoms. The molecule has 1 aliphatic rings. The van der Waals surface area contributed by atoms with E-state index in [4.69, 9.17) is 4.74 Å². The molecule has 2 unspecified atom stereocenters. The van der Waals surface area contributed by atoms with Crippen molar-refractivity contribution in [3.05, 3.63) is 18.7 Å². The normalized spacial score (nSPS) is 21.5. The van der Waals surface area contributed by atoms with Crippen LogP contribution in [0.2, 0.25) is 0 Å². The van der Waals surface area contributed by atoms with E-state index >= 15 is 0 Å². The number of aromatic nitrogens is 2. The second kappa shape index (κ2) is 9.71. The molecule has 5 nitrogen and oxygen atoms in total. The number of nitrogens with zero attached hydrogens (tertiary/aromatic N) is 3. The fourth-order valence-electron chi connectivity index (χ4n) is 3.36. The van der Waals surface area contributed by atoms with E-state index in [1.54, 1.807) is 12.4 Å². The van der Waals surface area contributed by atoms with Gasteiger partial charge in [0.2, 0.25) is 0 Å². The molecule has 0 radical (unpaired) electrons. The van der Waals surface area contributed by atoms with Crippen molar-refractivity contribution in [3.63, 3.8) is 0 Å². The molecule has 1 fully saturated rings. The van der Waals surface area contributed by atoms with Gasteiger partial charge in [0.05, 0.1) is 0 Å². The van der Waals surface area contributed by atoms with E-state index in [2.05, 4.69) is 23.7 Å². The smallest absolute Gasteiger partial charge is 0.419 e. The SMILES string of the molecule is CCCCN(CCCC)C1CCCCC1OC(=O)n1ccnc1. The molecule has 0 bridgehead atoms. The van der Waals surface area contributed by atoms with Crippen LogP contribution in [0.5, 0.6) is 0 Å². The van der Waals surface area contributed by atoms with Gasteiger partial charge in [-0.15, -0.1) is 0 Å². The summed E-state index contributed by atoms with van der Waals surface area (Å²) in [5, 5.41) is 0. The summed E-state index contributed by atoms with van der Waals surface area (Å²) in [7, 11) is 0. The molecule has 1 aromatic heterocycles. The van der Waals surface area contributed by atoms with Crippen LogP contribution in [0.4, 0.5) is 4.79 Å². The van der Waals surface area contributed by atoms with E-state index < -0.39 is 0 Å². The van der Waals surface area contributed by atoms with Crippen LogP contribution in [0.15, 0.2) is 18.7 Å². The van der Waals surface area contributed by atoms with E-state index in [-0.39, 0.29) is 12.2 Å². The van der Waals surface area contributed by atoms with Crippen LogP contribution in [0.25, 0.3) is 0 Å². The van der Waals surface area contributed by atoms with Gasteiger partial charge in [-0.3, -0.25) is 4.90 Å². The van der Waals surface area contributed by atoms with Gasteiger partial charge < -0.3 is 4.74 Å². The lowest BCUT2D eigenvalue weighted by Crippen LogP contribution is -2.48. The monoisotopic (exact) mass is 321 g/mol. The fraction of sp³-hybridized carbons (Fsp3) is 0.778. The minimum Gasteiger partial charge on any atom is -0.444 e. The Morgan fingerprint density at radius 1 is 1.22 bits per heavy atom. The highest BCUT2D eigenvalue weighted by Gasteiger charge is 2.32. The first-order chi connectivity index (χ1) is 11.3. The standard InChI is InChI=1S/C18H31N3O2/c1-3-5-12-20(13-6-4-2)16-9-7-8-10-17(16)23-18(22)21-14-11-19-15-21/h11,14-17H,3-10,12-13H2,1-2H3. The summed E-state index contributed by atoms with van der Waals surface area (Å²) in [6, 6.07) is 0.370. The van der Waals surface area contributed by atoms with E-state index in [1.807, 2.05) is 0 Å². The fourth-order valence-corrected chi connectivity index (χ4v) is 3.36. The van der Waals surface area contributed by atoms with Gasteiger partial charge in [-0.25, -0.2) is 14.3 Å². The van der Waals surface area contributed by atoms with Gasteiger partial charge in [-0.2, -0.15) is 0 Å². The van der Waals surface area contributed by atoms with E-state index in [1.165, 1.54) is 43.0 Å². The molecule has 0 aromatic carbocycles. The Morgan fingerprint density at radius 3 is 2.52 bits per heavy atom. The minimum absolute atomic E-state index is 0.00682. The molecule has 0 aliphatic heterocycles. The third kappa shape index (κ3) is 5.34. The van der Waals surface area contributed by atoms with Crippen molar-refractivity contribution in [2.45, 2.75) is 77.4 Å². The zero-order valence-electron chi connectivity index (χ0n) is 14.6. The second-order valence-electron chi connectivity index (χ2n) is 6.49. The molecule has 0 N–H and O–H groups in total. The molecule has 1 saturated carbocycles. The molecule has 23 heavy (non-hydrogen) atoms. The largest absolute Gasteiger partial charge is 0.444 e. The lowest BCUT2D eigenvalue weighted by Gasteiger charge is -2.39. The van der Waals surface area contributed by atoms with Crippen LogP contribution >= 0.6 is 0 Å². The van der Waals surface area contributed by atoms with Crippen molar-refractivity contribution in [2.75, 3.05) is 13.1 Å². The van der Waals surface area contributed by atoms with Crippen LogP contribution in [0, 0.1) is 0 Å². The molecule has 2 rings (SSSR count). The Balaban J connectivity index is 2.00. The van der Waals surface area contributed by atoms with Crippen molar-refractivity contribution < 1.29 is 9.53 Å². The maximum atomic E-state index is 12.3. The summed E-state index contributed by atoms with van der Waals surface area (Å²) in [5.41, 5.74) is 0. The lowest BCUT2D eigenvalue weighted by molar-refractivity contribution is 0.00254. The highest BCUT2D eigenvalue weighted by atomic mass is 16.6. The predicted octanol–water partition coefficient (Wildman–Crippen LogP) is 4.08. The summed E-state index contributed by atoms with van der Waals surface area (Å²) in [5.74, 6) is 0. The zero-order chi connectivity index (χ0) is 16.5. The average Bonchev–Trinajstić information content (AvgIpc) is 3.10. The second-order valence-corrected chi connectivity index (χ2v) is 6.49. The van der Waals surface area contributed by atoms with Gasteiger partial charge in [0.25, 0.3) is 0 Å². The molecule has 1 aliphatic carbocycles. The Morgan fingerprint density at radius 2 is 1.91 bits per heavy atom. The first-order valence-corrected chi connectivity index (χ1v) is 9.19. The molecule has 130 valence electrons. The highest BCUT2D eigenvalue weighted by Crippen LogP contribution is 2.27. The van der Waals surface area contributed by atoms with Crippen molar-refractivity contribution in [1.82, 2.24) is 14.5 Å². The topological polar surface area (TPSA) is 47.4 Å². The summed E-state index contributed by atoms with van der Waals surface area (Å²) in [6.45, 7) is 6.69. The van der Waals surface area contributed by atoms with Gasteiger partial charge in [0.1, 0.15) is 12.4 Å². The van der Waals surface area contributed by atoms with Crippen molar-refractivity contribution in [1.29, 1.82) is 0 Å². The molecular formula is C18H31N3O2. The first-order valence-electron chi connectivity index (χ1n) is 9.19.